The zero-order valence-electron chi connectivity index (χ0n) is 18.2. The minimum absolute atomic E-state index is 0.536. The van der Waals surface area contributed by atoms with E-state index in [2.05, 4.69) is 11.6 Å². The first kappa shape index (κ1) is 21.0. The van der Waals surface area contributed by atoms with E-state index in [-0.39, 0.29) is 0 Å². The SMILES string of the molecule is C=CCN=c1scc(C)n1N=Cc1cn(-c2ccccc2)nc1-c1ccc2c(c1)OCCO2. The summed E-state index contributed by atoms with van der Waals surface area (Å²) in [5, 5.41) is 11.7. The summed E-state index contributed by atoms with van der Waals surface area (Å²) in [5.41, 5.74) is 4.59. The average molecular weight is 458 g/mol. The van der Waals surface area contributed by atoms with Gasteiger partial charge in [-0.25, -0.2) is 9.36 Å². The lowest BCUT2D eigenvalue weighted by atomic mass is 10.1. The first-order chi connectivity index (χ1) is 16.2. The molecule has 0 fully saturated rings. The van der Waals surface area contributed by atoms with Crippen molar-refractivity contribution in [3.63, 3.8) is 0 Å². The van der Waals surface area contributed by atoms with E-state index in [4.69, 9.17) is 19.7 Å². The maximum Gasteiger partial charge on any atom is 0.206 e. The van der Waals surface area contributed by atoms with Crippen LogP contribution in [-0.2, 0) is 0 Å². The van der Waals surface area contributed by atoms with Gasteiger partial charge in [-0.2, -0.15) is 10.2 Å². The minimum Gasteiger partial charge on any atom is -0.486 e. The number of hydrogen-bond acceptors (Lipinski definition) is 6. The van der Waals surface area contributed by atoms with Crippen LogP contribution >= 0.6 is 11.3 Å². The molecule has 0 saturated carbocycles. The third kappa shape index (κ3) is 4.38. The van der Waals surface area contributed by atoms with Gasteiger partial charge in [0.05, 0.1) is 24.1 Å². The second kappa shape index (κ2) is 9.30. The first-order valence-corrected chi connectivity index (χ1v) is 11.5. The lowest BCUT2D eigenvalue weighted by Gasteiger charge is -2.18. The van der Waals surface area contributed by atoms with Crippen molar-refractivity contribution in [2.75, 3.05) is 19.8 Å². The lowest BCUT2D eigenvalue weighted by molar-refractivity contribution is 0.171. The molecule has 0 bridgehead atoms. The average Bonchev–Trinajstić information content (AvgIpc) is 3.45. The summed E-state index contributed by atoms with van der Waals surface area (Å²) in [5.74, 6) is 1.48. The smallest absolute Gasteiger partial charge is 0.206 e. The molecule has 2 aromatic heterocycles. The fourth-order valence-corrected chi connectivity index (χ4v) is 4.32. The lowest BCUT2D eigenvalue weighted by Crippen LogP contribution is -2.15. The highest BCUT2D eigenvalue weighted by molar-refractivity contribution is 7.07. The van der Waals surface area contributed by atoms with Crippen LogP contribution in [0.5, 0.6) is 11.5 Å². The van der Waals surface area contributed by atoms with Crippen LogP contribution in [0.3, 0.4) is 0 Å². The van der Waals surface area contributed by atoms with Crippen LogP contribution in [0.1, 0.15) is 11.3 Å². The molecular weight excluding hydrogens is 434 g/mol. The normalized spacial score (nSPS) is 13.5. The molecule has 1 aliphatic rings. The van der Waals surface area contributed by atoms with Crippen molar-refractivity contribution in [2.45, 2.75) is 6.92 Å². The van der Waals surface area contributed by atoms with Gasteiger partial charge in [0.1, 0.15) is 18.9 Å². The van der Waals surface area contributed by atoms with Crippen molar-refractivity contribution in [1.29, 1.82) is 0 Å². The van der Waals surface area contributed by atoms with Crippen molar-refractivity contribution in [3.05, 3.63) is 88.8 Å². The number of ether oxygens (including phenoxy) is 2. The number of hydrogen-bond donors (Lipinski definition) is 0. The highest BCUT2D eigenvalue weighted by Gasteiger charge is 2.17. The van der Waals surface area contributed by atoms with Crippen molar-refractivity contribution >= 4 is 17.6 Å². The molecule has 7 nitrogen and oxygen atoms in total. The van der Waals surface area contributed by atoms with Gasteiger partial charge in [-0.15, -0.1) is 17.9 Å². The van der Waals surface area contributed by atoms with Gasteiger partial charge < -0.3 is 9.47 Å². The van der Waals surface area contributed by atoms with E-state index >= 15 is 0 Å². The molecule has 1 aliphatic heterocycles. The molecule has 4 aromatic rings. The molecule has 0 aliphatic carbocycles. The summed E-state index contributed by atoms with van der Waals surface area (Å²) < 4.78 is 15.2. The van der Waals surface area contributed by atoms with Crippen LogP contribution in [0, 0.1) is 6.92 Å². The standard InChI is InChI=1S/C25H23N5O2S/c1-3-11-26-25-30(18(2)17-33-25)27-15-20-16-29(21-7-5-4-6-8-21)28-24(20)19-9-10-22-23(14-19)32-13-12-31-22/h3-10,14-17H,1,11-13H2,2H3. The summed E-state index contributed by atoms with van der Waals surface area (Å²) in [7, 11) is 0. The number of rotatable bonds is 6. The Kier molecular flexibility index (Phi) is 5.91. The maximum absolute atomic E-state index is 5.79. The van der Waals surface area contributed by atoms with Crippen molar-refractivity contribution in [1.82, 2.24) is 14.5 Å². The van der Waals surface area contributed by atoms with Gasteiger partial charge in [-0.05, 0) is 37.3 Å². The van der Waals surface area contributed by atoms with E-state index in [1.165, 1.54) is 0 Å². The summed E-state index contributed by atoms with van der Waals surface area (Å²) in [6, 6.07) is 15.9. The molecule has 5 rings (SSSR count). The highest BCUT2D eigenvalue weighted by Crippen LogP contribution is 2.35. The summed E-state index contributed by atoms with van der Waals surface area (Å²) >= 11 is 1.55. The molecule has 0 amide bonds. The molecule has 33 heavy (non-hydrogen) atoms. The zero-order valence-corrected chi connectivity index (χ0v) is 19.0. The molecule has 0 unspecified atom stereocenters. The Labute approximate surface area is 195 Å². The Morgan fingerprint density at radius 2 is 1.94 bits per heavy atom. The molecule has 0 atom stereocenters. The predicted octanol–water partition coefficient (Wildman–Crippen LogP) is 4.45. The van der Waals surface area contributed by atoms with E-state index in [0.29, 0.717) is 19.8 Å². The van der Waals surface area contributed by atoms with E-state index in [0.717, 1.165) is 44.5 Å². The van der Waals surface area contributed by atoms with E-state index in [9.17, 15) is 0 Å². The molecule has 0 N–H and O–H groups in total. The van der Waals surface area contributed by atoms with E-state index in [1.54, 1.807) is 17.4 Å². The van der Waals surface area contributed by atoms with Crippen LogP contribution in [0.4, 0.5) is 0 Å². The van der Waals surface area contributed by atoms with Crippen molar-refractivity contribution < 1.29 is 9.47 Å². The van der Waals surface area contributed by atoms with Crippen molar-refractivity contribution in [2.24, 2.45) is 10.1 Å². The van der Waals surface area contributed by atoms with Crippen molar-refractivity contribution in [3.8, 4) is 28.4 Å². The van der Waals surface area contributed by atoms with Gasteiger partial charge in [0.25, 0.3) is 0 Å². The van der Waals surface area contributed by atoms with Gasteiger partial charge >= 0.3 is 0 Å². The number of thiazole rings is 1. The van der Waals surface area contributed by atoms with Gasteiger partial charge in [-0.1, -0.05) is 24.3 Å². The number of aromatic nitrogens is 3. The second-order valence-electron chi connectivity index (χ2n) is 7.42. The Morgan fingerprint density at radius 1 is 1.12 bits per heavy atom. The number of fused-ring (bicyclic) bond motifs is 1. The topological polar surface area (TPSA) is 65.9 Å². The second-order valence-corrected chi connectivity index (χ2v) is 8.25. The predicted molar refractivity (Wildman–Crippen MR) is 131 cm³/mol. The Hall–Kier alpha value is -3.91. The fraction of sp³-hybridized carbons (Fsp3) is 0.160. The maximum atomic E-state index is 5.79. The molecular formula is C25H23N5O2S. The van der Waals surface area contributed by atoms with Gasteiger partial charge in [0.2, 0.25) is 4.80 Å². The molecule has 0 radical (unpaired) electrons. The number of aryl methyl sites for hydroxylation is 1. The Bertz CT molecular complexity index is 1380. The molecule has 0 saturated heterocycles. The molecule has 3 heterocycles. The highest BCUT2D eigenvalue weighted by atomic mass is 32.1. The van der Waals surface area contributed by atoms with E-state index < -0.39 is 0 Å². The molecule has 0 spiro atoms. The Balaban J connectivity index is 1.60. The third-order valence-corrected chi connectivity index (χ3v) is 6.07. The number of nitrogens with zero attached hydrogens (tertiary/aromatic N) is 5. The van der Waals surface area contributed by atoms with Gasteiger partial charge in [0, 0.05) is 22.7 Å². The van der Waals surface area contributed by atoms with Crippen LogP contribution in [-0.4, -0.2) is 40.4 Å². The van der Waals surface area contributed by atoms with Crippen LogP contribution in [0.25, 0.3) is 16.9 Å². The van der Waals surface area contributed by atoms with Crippen LogP contribution in [0.2, 0.25) is 0 Å². The molecule has 2 aromatic carbocycles. The largest absolute Gasteiger partial charge is 0.486 e. The quantitative estimate of drug-likeness (QED) is 0.317. The number of para-hydroxylation sites is 1. The van der Waals surface area contributed by atoms with Crippen LogP contribution in [0.15, 0.2) is 82.9 Å². The number of benzene rings is 2. The van der Waals surface area contributed by atoms with Gasteiger partial charge in [0.15, 0.2) is 11.5 Å². The summed E-state index contributed by atoms with van der Waals surface area (Å²) in [6.45, 7) is 7.40. The third-order valence-electron chi connectivity index (χ3n) is 5.10. The fourth-order valence-electron chi connectivity index (χ4n) is 3.51. The van der Waals surface area contributed by atoms with Gasteiger partial charge in [-0.3, -0.25) is 4.99 Å². The molecule has 8 heteroatoms. The Morgan fingerprint density at radius 3 is 2.76 bits per heavy atom. The summed E-state index contributed by atoms with van der Waals surface area (Å²) in [6.07, 6.45) is 5.58. The van der Waals surface area contributed by atoms with E-state index in [1.807, 2.05) is 82.6 Å². The summed E-state index contributed by atoms with van der Waals surface area (Å²) in [4.78, 5) is 5.36. The monoisotopic (exact) mass is 457 g/mol. The zero-order chi connectivity index (χ0) is 22.6. The molecule has 166 valence electrons. The van der Waals surface area contributed by atoms with Crippen LogP contribution < -0.4 is 14.3 Å². The minimum atomic E-state index is 0.536. The first-order valence-electron chi connectivity index (χ1n) is 10.6.